The van der Waals surface area contributed by atoms with Gasteiger partial charge in [0.15, 0.2) is 0 Å². The van der Waals surface area contributed by atoms with Crippen LogP contribution in [0.4, 0.5) is 0 Å². The highest BCUT2D eigenvalue weighted by Crippen LogP contribution is 2.39. The number of carbonyl (C=O) groups excluding carboxylic acids is 2. The van der Waals surface area contributed by atoms with E-state index in [1.54, 1.807) is 29.4 Å². The number of Topliss-reactive ketones (excluding diaryl/α,β-unsaturated/α-hetero) is 1. The zero-order valence-corrected chi connectivity index (χ0v) is 14.1. The fourth-order valence-electron chi connectivity index (χ4n) is 3.09. The van der Waals surface area contributed by atoms with Gasteiger partial charge in [0, 0.05) is 24.5 Å². The van der Waals surface area contributed by atoms with Crippen LogP contribution in [0.15, 0.2) is 60.4 Å². The van der Waals surface area contributed by atoms with Crippen molar-refractivity contribution in [3.63, 3.8) is 0 Å². The van der Waals surface area contributed by atoms with E-state index in [2.05, 4.69) is 4.98 Å². The summed E-state index contributed by atoms with van der Waals surface area (Å²) in [5.74, 6) is -1.36. The first-order valence-corrected chi connectivity index (χ1v) is 8.39. The van der Waals surface area contributed by atoms with E-state index in [0.29, 0.717) is 12.1 Å². The molecule has 1 aliphatic heterocycles. The van der Waals surface area contributed by atoms with Crippen molar-refractivity contribution in [2.24, 2.45) is 0 Å². The molecule has 0 aliphatic carbocycles. The Morgan fingerprint density at radius 3 is 2.44 bits per heavy atom. The van der Waals surface area contributed by atoms with E-state index in [-0.39, 0.29) is 11.3 Å². The largest absolute Gasteiger partial charge is 0.507 e. The standard InChI is InChI=1S/C20H20N2O3/c1-2-3-13-22-17(14-7-5-4-6-8-14)16(19(24)20(22)25)18(23)15-9-11-21-12-10-15/h4-12,17,23H,2-3,13H2,1H3/b18-16-. The van der Waals surface area contributed by atoms with Crippen molar-refractivity contribution in [1.82, 2.24) is 9.88 Å². The molecule has 1 aliphatic rings. The molecule has 0 spiro atoms. The molecule has 1 fully saturated rings. The summed E-state index contributed by atoms with van der Waals surface area (Å²) in [6, 6.07) is 12.0. The van der Waals surface area contributed by atoms with Crippen LogP contribution in [-0.4, -0.2) is 33.2 Å². The Kier molecular flexibility index (Phi) is 4.93. The molecule has 25 heavy (non-hydrogen) atoms. The van der Waals surface area contributed by atoms with Gasteiger partial charge in [-0.1, -0.05) is 43.7 Å². The third-order valence-corrected chi connectivity index (χ3v) is 4.36. The summed E-state index contributed by atoms with van der Waals surface area (Å²) in [5, 5.41) is 10.7. The van der Waals surface area contributed by atoms with E-state index in [9.17, 15) is 14.7 Å². The number of carbonyl (C=O) groups is 2. The Balaban J connectivity index is 2.14. The summed E-state index contributed by atoms with van der Waals surface area (Å²) in [6.07, 6.45) is 4.79. The predicted molar refractivity (Wildman–Crippen MR) is 94.6 cm³/mol. The molecule has 0 saturated carbocycles. The first kappa shape index (κ1) is 16.9. The van der Waals surface area contributed by atoms with Gasteiger partial charge in [-0.2, -0.15) is 0 Å². The molecule has 1 amide bonds. The lowest BCUT2D eigenvalue weighted by molar-refractivity contribution is -0.139. The molecule has 2 heterocycles. The van der Waals surface area contributed by atoms with E-state index in [0.717, 1.165) is 18.4 Å². The van der Waals surface area contributed by atoms with Crippen LogP contribution in [0, 0.1) is 0 Å². The number of aliphatic hydroxyl groups is 1. The van der Waals surface area contributed by atoms with E-state index in [1.807, 2.05) is 37.3 Å². The second kappa shape index (κ2) is 7.30. The van der Waals surface area contributed by atoms with Gasteiger partial charge in [0.05, 0.1) is 11.6 Å². The average Bonchev–Trinajstić information content (AvgIpc) is 2.91. The Morgan fingerprint density at radius 2 is 1.80 bits per heavy atom. The molecule has 5 nitrogen and oxygen atoms in total. The maximum atomic E-state index is 12.7. The number of aromatic nitrogens is 1. The van der Waals surface area contributed by atoms with Crippen molar-refractivity contribution in [1.29, 1.82) is 0 Å². The van der Waals surface area contributed by atoms with Crippen LogP contribution in [0.25, 0.3) is 5.76 Å². The third-order valence-electron chi connectivity index (χ3n) is 4.36. The SMILES string of the molecule is CCCCN1C(=O)C(=O)/C(=C(\O)c2ccncc2)C1c1ccccc1. The van der Waals surface area contributed by atoms with Gasteiger partial charge in [-0.3, -0.25) is 14.6 Å². The number of aliphatic hydroxyl groups excluding tert-OH is 1. The van der Waals surface area contributed by atoms with Crippen LogP contribution in [0.1, 0.15) is 36.9 Å². The first-order chi connectivity index (χ1) is 12.1. The van der Waals surface area contributed by atoms with E-state index >= 15 is 0 Å². The fourth-order valence-corrected chi connectivity index (χ4v) is 3.09. The predicted octanol–water partition coefficient (Wildman–Crippen LogP) is 3.30. The number of likely N-dealkylation sites (tertiary alicyclic amines) is 1. The molecule has 1 aromatic carbocycles. The van der Waals surface area contributed by atoms with E-state index in [1.165, 1.54) is 0 Å². The molecular weight excluding hydrogens is 316 g/mol. The normalized spacial score (nSPS) is 19.4. The quantitative estimate of drug-likeness (QED) is 0.517. The Labute approximate surface area is 146 Å². The maximum Gasteiger partial charge on any atom is 0.295 e. The van der Waals surface area contributed by atoms with Crippen LogP contribution in [0.5, 0.6) is 0 Å². The van der Waals surface area contributed by atoms with Gasteiger partial charge in [-0.15, -0.1) is 0 Å². The van der Waals surface area contributed by atoms with Crippen molar-refractivity contribution < 1.29 is 14.7 Å². The van der Waals surface area contributed by atoms with Crippen LogP contribution in [-0.2, 0) is 9.59 Å². The monoisotopic (exact) mass is 336 g/mol. The van der Waals surface area contributed by atoms with Crippen LogP contribution >= 0.6 is 0 Å². The van der Waals surface area contributed by atoms with Gasteiger partial charge >= 0.3 is 0 Å². The maximum absolute atomic E-state index is 12.7. The molecule has 1 N–H and O–H groups in total. The van der Waals surface area contributed by atoms with Gasteiger partial charge in [-0.25, -0.2) is 0 Å². The minimum atomic E-state index is -0.640. The number of unbranched alkanes of at least 4 members (excludes halogenated alkanes) is 1. The van der Waals surface area contributed by atoms with Crippen molar-refractivity contribution in [3.05, 3.63) is 71.6 Å². The van der Waals surface area contributed by atoms with Crippen LogP contribution in [0.3, 0.4) is 0 Å². The second-order valence-corrected chi connectivity index (χ2v) is 5.99. The zero-order chi connectivity index (χ0) is 17.8. The number of hydrogen-bond acceptors (Lipinski definition) is 4. The fraction of sp³-hybridized carbons (Fsp3) is 0.250. The number of nitrogens with zero attached hydrogens (tertiary/aromatic N) is 2. The molecule has 0 radical (unpaired) electrons. The molecule has 0 bridgehead atoms. The Morgan fingerprint density at radius 1 is 1.12 bits per heavy atom. The molecule has 1 aromatic heterocycles. The molecule has 3 rings (SSSR count). The van der Waals surface area contributed by atoms with Crippen LogP contribution in [0.2, 0.25) is 0 Å². The molecular formula is C20H20N2O3. The minimum absolute atomic E-state index is 0.138. The van der Waals surface area contributed by atoms with Crippen molar-refractivity contribution >= 4 is 17.4 Å². The second-order valence-electron chi connectivity index (χ2n) is 5.99. The average molecular weight is 336 g/mol. The molecule has 2 aromatic rings. The highest BCUT2D eigenvalue weighted by atomic mass is 16.3. The smallest absolute Gasteiger partial charge is 0.295 e. The number of pyridine rings is 1. The molecule has 128 valence electrons. The number of benzene rings is 1. The Hall–Kier alpha value is -2.95. The highest BCUT2D eigenvalue weighted by Gasteiger charge is 2.45. The molecule has 1 unspecified atom stereocenters. The number of rotatable bonds is 5. The number of hydrogen-bond donors (Lipinski definition) is 1. The molecule has 5 heteroatoms. The lowest BCUT2D eigenvalue weighted by atomic mass is 9.95. The zero-order valence-electron chi connectivity index (χ0n) is 14.1. The van der Waals surface area contributed by atoms with Gasteiger partial charge in [0.25, 0.3) is 11.7 Å². The lowest BCUT2D eigenvalue weighted by Gasteiger charge is -2.25. The highest BCUT2D eigenvalue weighted by molar-refractivity contribution is 6.46. The third kappa shape index (κ3) is 3.18. The molecule has 1 atom stereocenters. The number of amides is 1. The lowest BCUT2D eigenvalue weighted by Crippen LogP contribution is -2.30. The van der Waals surface area contributed by atoms with E-state index in [4.69, 9.17) is 0 Å². The van der Waals surface area contributed by atoms with Crippen molar-refractivity contribution in [3.8, 4) is 0 Å². The van der Waals surface area contributed by atoms with Crippen LogP contribution < -0.4 is 0 Å². The summed E-state index contributed by atoms with van der Waals surface area (Å²) < 4.78 is 0. The van der Waals surface area contributed by atoms with Gasteiger partial charge < -0.3 is 10.0 Å². The summed E-state index contributed by atoms with van der Waals surface area (Å²) in [7, 11) is 0. The number of ketones is 1. The van der Waals surface area contributed by atoms with Gasteiger partial charge in [0.2, 0.25) is 0 Å². The Bertz CT molecular complexity index is 800. The van der Waals surface area contributed by atoms with Gasteiger partial charge in [-0.05, 0) is 24.1 Å². The van der Waals surface area contributed by atoms with E-state index < -0.39 is 17.7 Å². The summed E-state index contributed by atoms with van der Waals surface area (Å²) in [4.78, 5) is 30.7. The van der Waals surface area contributed by atoms with Crippen molar-refractivity contribution in [2.45, 2.75) is 25.8 Å². The summed E-state index contributed by atoms with van der Waals surface area (Å²) in [6.45, 7) is 2.51. The summed E-state index contributed by atoms with van der Waals surface area (Å²) in [5.41, 5.74) is 1.43. The van der Waals surface area contributed by atoms with Gasteiger partial charge in [0.1, 0.15) is 5.76 Å². The summed E-state index contributed by atoms with van der Waals surface area (Å²) >= 11 is 0. The first-order valence-electron chi connectivity index (χ1n) is 8.39. The van der Waals surface area contributed by atoms with Crippen molar-refractivity contribution in [2.75, 3.05) is 6.54 Å². The topological polar surface area (TPSA) is 70.5 Å². The minimum Gasteiger partial charge on any atom is -0.507 e. The molecule has 1 saturated heterocycles.